The number of carbonyl (C=O) groups excluding carboxylic acids is 2. The Labute approximate surface area is 225 Å². The molecule has 4 rings (SSSR count). The molecule has 8 nitrogen and oxygen atoms in total. The number of aromatic nitrogens is 2. The highest BCUT2D eigenvalue weighted by Gasteiger charge is 2.25. The Bertz CT molecular complexity index is 1440. The van der Waals surface area contributed by atoms with Crippen LogP contribution in [0.2, 0.25) is 0 Å². The fourth-order valence-corrected chi connectivity index (χ4v) is 4.16. The van der Waals surface area contributed by atoms with Crippen LogP contribution in [0, 0.1) is 18.6 Å². The first-order chi connectivity index (χ1) is 18.6. The van der Waals surface area contributed by atoms with Crippen LogP contribution in [-0.4, -0.2) is 46.9 Å². The highest BCUT2D eigenvalue weighted by Crippen LogP contribution is 2.40. The van der Waals surface area contributed by atoms with Crippen molar-refractivity contribution in [2.75, 3.05) is 31.2 Å². The fourth-order valence-electron chi connectivity index (χ4n) is 4.16. The van der Waals surface area contributed by atoms with Crippen LogP contribution in [0.25, 0.3) is 11.3 Å². The zero-order chi connectivity index (χ0) is 28.3. The molecule has 10 heteroatoms. The van der Waals surface area contributed by atoms with Gasteiger partial charge in [-0.3, -0.25) is 9.59 Å². The molecule has 1 saturated carbocycles. The summed E-state index contributed by atoms with van der Waals surface area (Å²) < 4.78 is 35.3. The van der Waals surface area contributed by atoms with Crippen LogP contribution in [0.1, 0.15) is 53.6 Å². The predicted octanol–water partition coefficient (Wildman–Crippen LogP) is 5.25. The van der Waals surface area contributed by atoms with Crippen molar-refractivity contribution >= 4 is 23.3 Å². The first-order valence-corrected chi connectivity index (χ1v) is 12.7. The molecular weight excluding hydrogens is 504 g/mol. The summed E-state index contributed by atoms with van der Waals surface area (Å²) in [6.07, 6.45) is 3.78. The van der Waals surface area contributed by atoms with Crippen molar-refractivity contribution in [1.82, 2.24) is 14.9 Å². The highest BCUT2D eigenvalue weighted by atomic mass is 19.1. The maximum atomic E-state index is 14.8. The summed E-state index contributed by atoms with van der Waals surface area (Å²) in [5.74, 6) is -1.69. The number of ether oxygens (including phenoxy) is 1. The topological polar surface area (TPSA) is 110 Å². The van der Waals surface area contributed by atoms with Gasteiger partial charge < -0.3 is 20.7 Å². The van der Waals surface area contributed by atoms with Gasteiger partial charge in [-0.25, -0.2) is 18.7 Å². The van der Waals surface area contributed by atoms with E-state index < -0.39 is 17.5 Å². The standard InChI is InChI=1S/C29H31F2N5O3/c1-5-16(2)29(38)36(4)10-11-39-26-25(33-15-34-27(26)32)22-13-20(30)14-24(17(22)3)35-28(37)21-9-8-19(12-23(21)31)18-6-7-18/h8-9,12-15,18H,2,5-7,10-11H2,1,3-4H3,(H,35,37)(H2,32,33,34). The van der Waals surface area contributed by atoms with E-state index in [1.807, 2.05) is 6.92 Å². The molecule has 3 N–H and O–H groups in total. The minimum Gasteiger partial charge on any atom is -0.486 e. The molecule has 1 heterocycles. The molecule has 1 aromatic heterocycles. The van der Waals surface area contributed by atoms with Gasteiger partial charge in [0.15, 0.2) is 11.6 Å². The van der Waals surface area contributed by atoms with Crippen LogP contribution in [0.15, 0.2) is 48.8 Å². The van der Waals surface area contributed by atoms with Crippen molar-refractivity contribution in [1.29, 1.82) is 0 Å². The molecule has 0 spiro atoms. The van der Waals surface area contributed by atoms with Crippen LogP contribution in [0.4, 0.5) is 20.3 Å². The second-order valence-electron chi connectivity index (χ2n) is 9.56. The van der Waals surface area contributed by atoms with Gasteiger partial charge in [-0.05, 0) is 67.5 Å². The monoisotopic (exact) mass is 535 g/mol. The Morgan fingerprint density at radius 3 is 2.62 bits per heavy atom. The molecular formula is C29H31F2N5O3. The molecule has 0 bridgehead atoms. The van der Waals surface area contributed by atoms with Crippen molar-refractivity contribution in [3.63, 3.8) is 0 Å². The van der Waals surface area contributed by atoms with E-state index in [0.717, 1.165) is 24.5 Å². The summed E-state index contributed by atoms with van der Waals surface area (Å²) in [5, 5.41) is 2.62. The van der Waals surface area contributed by atoms with Gasteiger partial charge in [-0.2, -0.15) is 0 Å². The molecule has 0 atom stereocenters. The van der Waals surface area contributed by atoms with E-state index in [2.05, 4.69) is 21.9 Å². The van der Waals surface area contributed by atoms with Crippen molar-refractivity contribution in [2.24, 2.45) is 0 Å². The van der Waals surface area contributed by atoms with Crippen LogP contribution < -0.4 is 15.8 Å². The average molecular weight is 536 g/mol. The molecule has 0 unspecified atom stereocenters. The van der Waals surface area contributed by atoms with Crippen LogP contribution in [-0.2, 0) is 4.79 Å². The molecule has 0 saturated heterocycles. The van der Waals surface area contributed by atoms with E-state index in [9.17, 15) is 18.4 Å². The Morgan fingerprint density at radius 2 is 1.95 bits per heavy atom. The lowest BCUT2D eigenvalue weighted by molar-refractivity contribution is -0.126. The Kier molecular flexibility index (Phi) is 8.23. The summed E-state index contributed by atoms with van der Waals surface area (Å²) in [7, 11) is 1.63. The number of amides is 2. The van der Waals surface area contributed by atoms with E-state index in [0.29, 0.717) is 29.0 Å². The van der Waals surface area contributed by atoms with Gasteiger partial charge in [0, 0.05) is 23.9 Å². The Morgan fingerprint density at radius 1 is 1.21 bits per heavy atom. The molecule has 2 aromatic carbocycles. The van der Waals surface area contributed by atoms with Gasteiger partial charge in [-0.1, -0.05) is 19.6 Å². The SMILES string of the molecule is C=C(CC)C(=O)N(C)CCOc1c(N)ncnc1-c1cc(F)cc(NC(=O)c2ccc(C3CC3)cc2F)c1C. The molecule has 1 aliphatic carbocycles. The number of carbonyl (C=O) groups is 2. The molecule has 39 heavy (non-hydrogen) atoms. The minimum atomic E-state index is -0.699. The third kappa shape index (κ3) is 6.22. The molecule has 1 fully saturated rings. The minimum absolute atomic E-state index is 0.0269. The normalized spacial score (nSPS) is 12.6. The first-order valence-electron chi connectivity index (χ1n) is 12.7. The lowest BCUT2D eigenvalue weighted by Crippen LogP contribution is -2.31. The lowest BCUT2D eigenvalue weighted by atomic mass is 10.0. The Balaban J connectivity index is 1.57. The molecule has 0 radical (unpaired) electrons. The number of halogens is 2. The number of hydrogen-bond donors (Lipinski definition) is 2. The highest BCUT2D eigenvalue weighted by molar-refractivity contribution is 6.05. The van der Waals surface area contributed by atoms with Gasteiger partial charge in [-0.15, -0.1) is 0 Å². The number of anilines is 2. The third-order valence-corrected chi connectivity index (χ3v) is 6.74. The third-order valence-electron chi connectivity index (χ3n) is 6.74. The number of hydrogen-bond acceptors (Lipinski definition) is 6. The van der Waals surface area contributed by atoms with E-state index in [1.165, 1.54) is 29.4 Å². The predicted molar refractivity (Wildman–Crippen MR) is 145 cm³/mol. The molecule has 204 valence electrons. The smallest absolute Gasteiger partial charge is 0.258 e. The summed E-state index contributed by atoms with van der Waals surface area (Å²) in [4.78, 5) is 34.9. The van der Waals surface area contributed by atoms with Crippen molar-refractivity contribution in [3.05, 3.63) is 77.1 Å². The summed E-state index contributed by atoms with van der Waals surface area (Å²) >= 11 is 0. The number of likely N-dealkylation sites (N-methyl/N-ethyl adjacent to an activating group) is 1. The zero-order valence-electron chi connectivity index (χ0n) is 22.2. The lowest BCUT2D eigenvalue weighted by Gasteiger charge is -2.20. The number of nitrogen functional groups attached to an aromatic ring is 1. The summed E-state index contributed by atoms with van der Waals surface area (Å²) in [5.41, 5.74) is 8.41. The molecule has 1 aliphatic rings. The zero-order valence-corrected chi connectivity index (χ0v) is 22.2. The Hall–Kier alpha value is -4.34. The largest absolute Gasteiger partial charge is 0.486 e. The van der Waals surface area contributed by atoms with Crippen molar-refractivity contribution in [2.45, 2.75) is 39.0 Å². The quantitative estimate of drug-likeness (QED) is 0.343. The summed E-state index contributed by atoms with van der Waals surface area (Å²) in [6.45, 7) is 7.57. The summed E-state index contributed by atoms with van der Waals surface area (Å²) in [6, 6.07) is 6.97. The van der Waals surface area contributed by atoms with Gasteiger partial charge in [0.1, 0.15) is 30.3 Å². The van der Waals surface area contributed by atoms with Gasteiger partial charge in [0.25, 0.3) is 5.91 Å². The van der Waals surface area contributed by atoms with E-state index in [1.54, 1.807) is 20.0 Å². The maximum absolute atomic E-state index is 14.8. The number of nitrogens with one attached hydrogen (secondary N) is 1. The second-order valence-corrected chi connectivity index (χ2v) is 9.56. The van der Waals surface area contributed by atoms with Crippen molar-refractivity contribution < 1.29 is 23.1 Å². The van der Waals surface area contributed by atoms with E-state index in [-0.39, 0.29) is 47.6 Å². The van der Waals surface area contributed by atoms with Gasteiger partial charge >= 0.3 is 0 Å². The number of nitrogens with zero attached hydrogens (tertiary/aromatic N) is 3. The van der Waals surface area contributed by atoms with Gasteiger partial charge in [0.2, 0.25) is 5.91 Å². The van der Waals surface area contributed by atoms with Crippen LogP contribution in [0.5, 0.6) is 5.75 Å². The number of benzene rings is 2. The maximum Gasteiger partial charge on any atom is 0.258 e. The molecule has 0 aliphatic heterocycles. The molecule has 3 aromatic rings. The van der Waals surface area contributed by atoms with Gasteiger partial charge in [0.05, 0.1) is 12.1 Å². The fraction of sp³-hybridized carbons (Fsp3) is 0.310. The van der Waals surface area contributed by atoms with E-state index >= 15 is 0 Å². The first kappa shape index (κ1) is 27.7. The van der Waals surface area contributed by atoms with Crippen LogP contribution in [0.3, 0.4) is 0 Å². The average Bonchev–Trinajstić information content (AvgIpc) is 3.76. The second kappa shape index (κ2) is 11.6. The molecule has 2 amide bonds. The van der Waals surface area contributed by atoms with E-state index in [4.69, 9.17) is 10.5 Å². The number of rotatable bonds is 10. The van der Waals surface area contributed by atoms with Crippen molar-refractivity contribution in [3.8, 4) is 17.0 Å². The number of nitrogens with two attached hydrogens (primary N) is 1. The van der Waals surface area contributed by atoms with Crippen LogP contribution >= 0.6 is 0 Å².